The molecule has 0 radical (unpaired) electrons. The van der Waals surface area contributed by atoms with Crippen molar-refractivity contribution < 1.29 is 4.79 Å². The van der Waals surface area contributed by atoms with Crippen LogP contribution in [-0.4, -0.2) is 61.5 Å². The number of likely N-dealkylation sites (tertiary alicyclic amines) is 1. The molecular formula is C20H36N6OS. The van der Waals surface area contributed by atoms with Gasteiger partial charge in [0.15, 0.2) is 11.1 Å². The van der Waals surface area contributed by atoms with Crippen LogP contribution in [0.2, 0.25) is 0 Å². The zero-order valence-electron chi connectivity index (χ0n) is 18.0. The number of guanidine groups is 1. The highest BCUT2D eigenvalue weighted by Crippen LogP contribution is 2.19. The zero-order valence-corrected chi connectivity index (χ0v) is 18.8. The normalized spacial score (nSPS) is 15.8. The topological polar surface area (TPSA) is 72.9 Å². The maximum absolute atomic E-state index is 12.6. The van der Waals surface area contributed by atoms with Gasteiger partial charge in [-0.1, -0.05) is 13.8 Å². The van der Waals surface area contributed by atoms with Crippen LogP contribution in [-0.2, 0) is 11.3 Å². The first-order chi connectivity index (χ1) is 13.5. The summed E-state index contributed by atoms with van der Waals surface area (Å²) in [5, 5.41) is 9.92. The van der Waals surface area contributed by atoms with Crippen molar-refractivity contribution >= 4 is 28.3 Å². The fourth-order valence-electron chi connectivity index (χ4n) is 3.39. The Kier molecular flexibility index (Phi) is 9.02. The fraction of sp³-hybridized carbons (Fsp3) is 0.750. The molecule has 1 amide bonds. The van der Waals surface area contributed by atoms with E-state index < -0.39 is 0 Å². The Morgan fingerprint density at radius 3 is 2.54 bits per heavy atom. The Balaban J connectivity index is 1.88. The number of nitrogens with zero attached hydrogens (tertiary/aromatic N) is 4. The molecule has 0 atom stereocenters. The molecular weight excluding hydrogens is 372 g/mol. The molecule has 7 nitrogen and oxygen atoms in total. The van der Waals surface area contributed by atoms with E-state index in [1.54, 1.807) is 11.3 Å². The maximum atomic E-state index is 12.6. The van der Waals surface area contributed by atoms with Crippen molar-refractivity contribution in [2.75, 3.05) is 38.6 Å². The van der Waals surface area contributed by atoms with Crippen LogP contribution in [0.4, 0.5) is 5.13 Å². The first kappa shape index (κ1) is 22.5. The average molecular weight is 409 g/mol. The number of aliphatic imine (C=N–C) groups is 1. The van der Waals surface area contributed by atoms with Crippen molar-refractivity contribution in [2.45, 2.75) is 59.0 Å². The lowest BCUT2D eigenvalue weighted by Gasteiger charge is -2.34. The molecule has 28 heavy (non-hydrogen) atoms. The first-order valence-electron chi connectivity index (χ1n) is 10.4. The predicted octanol–water partition coefficient (Wildman–Crippen LogP) is 2.69. The Morgan fingerprint density at radius 2 is 2.00 bits per heavy atom. The van der Waals surface area contributed by atoms with Crippen molar-refractivity contribution in [1.29, 1.82) is 0 Å². The Hall–Kier alpha value is -1.83. The van der Waals surface area contributed by atoms with Gasteiger partial charge in [0.05, 0.1) is 12.2 Å². The number of carbonyl (C=O) groups is 1. The third kappa shape index (κ3) is 6.36. The Labute approximate surface area is 173 Å². The fourth-order valence-corrected chi connectivity index (χ4v) is 4.14. The number of hydrogen-bond donors (Lipinski definition) is 2. The summed E-state index contributed by atoms with van der Waals surface area (Å²) in [5.74, 6) is 1.32. The van der Waals surface area contributed by atoms with Gasteiger partial charge in [0, 0.05) is 51.1 Å². The first-order valence-corrected chi connectivity index (χ1v) is 11.3. The largest absolute Gasteiger partial charge is 0.357 e. The van der Waals surface area contributed by atoms with Gasteiger partial charge in [-0.3, -0.25) is 4.79 Å². The SMILES string of the molecule is CCNC(=NCc1csc(N(C)C)n1)NC1CCN(C(=O)C(CC)CC)CC1. The summed E-state index contributed by atoms with van der Waals surface area (Å²) in [7, 11) is 4.00. The molecule has 1 fully saturated rings. The van der Waals surface area contributed by atoms with Gasteiger partial charge >= 0.3 is 0 Å². The summed E-state index contributed by atoms with van der Waals surface area (Å²) in [4.78, 5) is 25.9. The van der Waals surface area contributed by atoms with E-state index in [2.05, 4.69) is 41.8 Å². The van der Waals surface area contributed by atoms with Gasteiger partial charge in [-0.25, -0.2) is 9.98 Å². The van der Waals surface area contributed by atoms with Gasteiger partial charge in [-0.05, 0) is 32.6 Å². The molecule has 0 spiro atoms. The molecule has 158 valence electrons. The molecule has 2 rings (SSSR count). The number of piperidine rings is 1. The smallest absolute Gasteiger partial charge is 0.225 e. The lowest BCUT2D eigenvalue weighted by Crippen LogP contribution is -2.50. The molecule has 0 unspecified atom stereocenters. The van der Waals surface area contributed by atoms with Crippen LogP contribution in [0, 0.1) is 5.92 Å². The number of aromatic nitrogens is 1. The highest BCUT2D eigenvalue weighted by molar-refractivity contribution is 7.13. The third-order valence-corrected chi connectivity index (χ3v) is 6.21. The monoisotopic (exact) mass is 408 g/mol. The average Bonchev–Trinajstić information content (AvgIpc) is 3.17. The molecule has 1 aliphatic rings. The molecule has 8 heteroatoms. The minimum Gasteiger partial charge on any atom is -0.357 e. The predicted molar refractivity (Wildman–Crippen MR) is 118 cm³/mol. The van der Waals surface area contributed by atoms with E-state index in [-0.39, 0.29) is 5.92 Å². The van der Waals surface area contributed by atoms with Crippen LogP contribution in [0.3, 0.4) is 0 Å². The highest BCUT2D eigenvalue weighted by atomic mass is 32.1. The molecule has 0 aromatic carbocycles. The van der Waals surface area contributed by atoms with Crippen LogP contribution in [0.1, 0.15) is 52.1 Å². The van der Waals surface area contributed by atoms with E-state index in [0.29, 0.717) is 18.5 Å². The van der Waals surface area contributed by atoms with Crippen molar-refractivity contribution in [3.8, 4) is 0 Å². The van der Waals surface area contributed by atoms with Crippen LogP contribution in [0.15, 0.2) is 10.4 Å². The van der Waals surface area contributed by atoms with Crippen LogP contribution < -0.4 is 15.5 Å². The summed E-state index contributed by atoms with van der Waals surface area (Å²) in [6, 6.07) is 0.344. The molecule has 0 saturated carbocycles. The van der Waals surface area contributed by atoms with E-state index in [0.717, 1.165) is 62.1 Å². The van der Waals surface area contributed by atoms with Gasteiger partial charge in [-0.15, -0.1) is 11.3 Å². The summed E-state index contributed by atoms with van der Waals surface area (Å²) in [5.41, 5.74) is 0.983. The van der Waals surface area contributed by atoms with E-state index in [1.165, 1.54) is 0 Å². The van der Waals surface area contributed by atoms with E-state index in [4.69, 9.17) is 4.99 Å². The number of rotatable bonds is 8. The van der Waals surface area contributed by atoms with Crippen LogP contribution >= 0.6 is 11.3 Å². The maximum Gasteiger partial charge on any atom is 0.225 e. The molecule has 1 aliphatic heterocycles. The third-order valence-electron chi connectivity index (χ3n) is 5.15. The minimum absolute atomic E-state index is 0.175. The lowest BCUT2D eigenvalue weighted by atomic mass is 9.98. The molecule has 0 aliphatic carbocycles. The molecule has 1 saturated heterocycles. The number of anilines is 1. The quantitative estimate of drug-likeness (QED) is 0.511. The summed E-state index contributed by atoms with van der Waals surface area (Å²) in [6.07, 6.45) is 3.77. The van der Waals surface area contributed by atoms with E-state index in [1.807, 2.05) is 23.9 Å². The van der Waals surface area contributed by atoms with E-state index in [9.17, 15) is 4.79 Å². The lowest BCUT2D eigenvalue weighted by molar-refractivity contribution is -0.136. The van der Waals surface area contributed by atoms with Crippen molar-refractivity contribution in [3.05, 3.63) is 11.1 Å². The van der Waals surface area contributed by atoms with Crippen LogP contribution in [0.5, 0.6) is 0 Å². The van der Waals surface area contributed by atoms with Crippen molar-refractivity contribution in [2.24, 2.45) is 10.9 Å². The molecule has 2 heterocycles. The number of thiazole rings is 1. The van der Waals surface area contributed by atoms with Gasteiger partial charge in [-0.2, -0.15) is 0 Å². The summed E-state index contributed by atoms with van der Waals surface area (Å²) < 4.78 is 0. The summed E-state index contributed by atoms with van der Waals surface area (Å²) in [6.45, 7) is 9.30. The van der Waals surface area contributed by atoms with Gasteiger partial charge in [0.25, 0.3) is 0 Å². The number of carbonyl (C=O) groups excluding carboxylic acids is 1. The Bertz CT molecular complexity index is 632. The van der Waals surface area contributed by atoms with Crippen molar-refractivity contribution in [3.63, 3.8) is 0 Å². The Morgan fingerprint density at radius 1 is 1.32 bits per heavy atom. The molecule has 2 N–H and O–H groups in total. The van der Waals surface area contributed by atoms with E-state index >= 15 is 0 Å². The van der Waals surface area contributed by atoms with Crippen molar-refractivity contribution in [1.82, 2.24) is 20.5 Å². The zero-order chi connectivity index (χ0) is 20.5. The van der Waals surface area contributed by atoms with Crippen LogP contribution in [0.25, 0.3) is 0 Å². The standard InChI is InChI=1S/C20H36N6OS/c1-6-15(7-2)18(27)26-11-9-16(10-12-26)23-19(21-8-3)22-13-17-14-28-20(24-17)25(4)5/h14-16H,6-13H2,1-5H3,(H2,21,22,23). The molecule has 1 aromatic rings. The van der Waals surface area contributed by atoms with Gasteiger partial charge in [0.2, 0.25) is 5.91 Å². The second-order valence-corrected chi connectivity index (χ2v) is 8.30. The minimum atomic E-state index is 0.175. The summed E-state index contributed by atoms with van der Waals surface area (Å²) >= 11 is 1.63. The number of amides is 1. The second-order valence-electron chi connectivity index (χ2n) is 7.47. The highest BCUT2D eigenvalue weighted by Gasteiger charge is 2.26. The second kappa shape index (κ2) is 11.2. The van der Waals surface area contributed by atoms with Gasteiger partial charge in [0.1, 0.15) is 0 Å². The van der Waals surface area contributed by atoms with Gasteiger partial charge < -0.3 is 20.4 Å². The molecule has 0 bridgehead atoms. The number of hydrogen-bond acceptors (Lipinski definition) is 5. The molecule has 1 aromatic heterocycles. The number of nitrogens with one attached hydrogen (secondary N) is 2.